The van der Waals surface area contributed by atoms with Crippen molar-refractivity contribution in [2.24, 2.45) is 0 Å². The van der Waals surface area contributed by atoms with Gasteiger partial charge in [-0.05, 0) is 54.8 Å². The van der Waals surface area contributed by atoms with E-state index in [0.717, 1.165) is 6.08 Å². The Morgan fingerprint density at radius 2 is 1.51 bits per heavy atom. The van der Waals surface area contributed by atoms with Crippen LogP contribution in [0.5, 0.6) is 23.0 Å². The van der Waals surface area contributed by atoms with Crippen LogP contribution in [0.4, 0.5) is 0 Å². The second-order valence-corrected chi connectivity index (χ2v) is 13.2. The Bertz CT molecular complexity index is 1590. The minimum atomic E-state index is -1.81. The van der Waals surface area contributed by atoms with E-state index in [1.54, 1.807) is 12.1 Å². The van der Waals surface area contributed by atoms with Gasteiger partial charge in [0.2, 0.25) is 0 Å². The molecule has 2 aromatic rings. The molecule has 0 saturated carbocycles. The molecule has 19 nitrogen and oxygen atoms in total. The number of aliphatic hydroxyl groups excluding tert-OH is 7. The molecule has 0 unspecified atom stereocenters. The molecule has 2 aromatic carbocycles. The maximum Gasteiger partial charge on any atom is 0.331 e. The molecular formula is C36H48O19. The lowest BCUT2D eigenvalue weighted by atomic mass is 9.96. The fourth-order valence-electron chi connectivity index (χ4n) is 6.26. The topological polar surface area (TPSA) is 282 Å². The molecule has 306 valence electrons. The Labute approximate surface area is 315 Å². The van der Waals surface area contributed by atoms with Crippen LogP contribution in [0, 0.1) is 0 Å². The van der Waals surface area contributed by atoms with Crippen molar-refractivity contribution in [2.75, 3.05) is 34.0 Å². The van der Waals surface area contributed by atoms with Gasteiger partial charge >= 0.3 is 5.97 Å². The van der Waals surface area contributed by atoms with Crippen LogP contribution >= 0.6 is 0 Å². The zero-order chi connectivity index (χ0) is 40.0. The van der Waals surface area contributed by atoms with E-state index in [9.17, 15) is 50.8 Å². The number of carbonyl (C=O) groups is 1. The maximum atomic E-state index is 13.2. The Morgan fingerprint density at radius 1 is 0.782 bits per heavy atom. The Balaban J connectivity index is 1.40. The van der Waals surface area contributed by atoms with Gasteiger partial charge in [0.05, 0.1) is 40.1 Å². The van der Waals surface area contributed by atoms with E-state index in [0.29, 0.717) is 11.1 Å². The molecule has 3 saturated heterocycles. The van der Waals surface area contributed by atoms with Gasteiger partial charge in [-0.2, -0.15) is 0 Å². The summed E-state index contributed by atoms with van der Waals surface area (Å²) in [4.78, 5) is 13.2. The van der Waals surface area contributed by atoms with Crippen molar-refractivity contribution < 1.29 is 93.4 Å². The van der Waals surface area contributed by atoms with E-state index in [-0.39, 0.29) is 36.0 Å². The Hall–Kier alpha value is -3.67. The monoisotopic (exact) mass is 784 g/mol. The van der Waals surface area contributed by atoms with E-state index >= 15 is 0 Å². The number of hydrogen-bond acceptors (Lipinski definition) is 19. The van der Waals surface area contributed by atoms with Crippen LogP contribution in [0.15, 0.2) is 42.5 Å². The molecule has 3 aliphatic rings. The standard InChI is InChI=1S/C36H48O19/c1-16-26(42)28(44)33(55-34-29(45)27(43)21(40)15-50-34)36(51-16)54-32-30(46)35(49-11-10-18-5-8-22(47-2)20(39)12-18)52-24(14-37)31(32)53-25(41)9-6-17-4-7-19(38)23(13-17)48-3/h4-9,12-13,16,21,24,26-40,42-46H,10-11,14-15H2,1-3H3/b9-6+/t16-,21-,24+,26-,27-,28+,29+,30+,31+,32+,33+,34-,35+,36-/m0/s1. The van der Waals surface area contributed by atoms with Gasteiger partial charge in [0.25, 0.3) is 0 Å². The average molecular weight is 785 g/mol. The molecule has 3 fully saturated rings. The van der Waals surface area contributed by atoms with Crippen LogP contribution in [0.1, 0.15) is 18.1 Å². The van der Waals surface area contributed by atoms with Crippen molar-refractivity contribution in [2.45, 2.75) is 99.4 Å². The molecule has 3 heterocycles. The normalized spacial score (nSPS) is 35.4. The molecule has 0 spiro atoms. The number of aliphatic hydroxyl groups is 7. The summed E-state index contributed by atoms with van der Waals surface area (Å²) in [6, 6.07) is 9.03. The third-order valence-corrected chi connectivity index (χ3v) is 9.40. The minimum absolute atomic E-state index is 0.0830. The fraction of sp³-hybridized carbons (Fsp3) is 0.583. The zero-order valence-electron chi connectivity index (χ0n) is 30.1. The number of rotatable bonds is 14. The van der Waals surface area contributed by atoms with Crippen molar-refractivity contribution in [3.8, 4) is 23.0 Å². The SMILES string of the molecule is COc1ccc(CCO[C@@H]2O[C@H](CO)[C@@H](OC(=O)/C=C/c3ccc(O)c(OC)c3)[C@H](O[C@@H]3O[C@@H](C)[C@H](O)[C@@H](O)[C@H]3O[C@@H]3OC[C@H](O)[C@H](O)[C@H]3O)[C@H]2O)cc1O. The van der Waals surface area contributed by atoms with Gasteiger partial charge in [-0.15, -0.1) is 0 Å². The lowest BCUT2D eigenvalue weighted by Gasteiger charge is -2.48. The molecule has 3 aliphatic heterocycles. The molecular weight excluding hydrogens is 736 g/mol. The van der Waals surface area contributed by atoms with Crippen LogP contribution in [0.25, 0.3) is 6.08 Å². The number of phenolic OH excluding ortho intramolecular Hbond substituents is 2. The number of methoxy groups -OCH3 is 2. The molecule has 14 atom stereocenters. The van der Waals surface area contributed by atoms with Crippen molar-refractivity contribution >= 4 is 12.0 Å². The number of aromatic hydroxyl groups is 2. The highest BCUT2D eigenvalue weighted by Gasteiger charge is 2.54. The third kappa shape index (κ3) is 10.0. The molecule has 5 rings (SSSR count). The summed E-state index contributed by atoms with van der Waals surface area (Å²) in [7, 11) is 2.76. The number of ether oxygens (including phenoxy) is 9. The van der Waals surface area contributed by atoms with E-state index in [1.807, 2.05) is 0 Å². The van der Waals surface area contributed by atoms with Crippen LogP contribution in [0.3, 0.4) is 0 Å². The number of esters is 1. The Kier molecular flexibility index (Phi) is 14.7. The maximum absolute atomic E-state index is 13.2. The van der Waals surface area contributed by atoms with Crippen molar-refractivity contribution in [1.82, 2.24) is 0 Å². The molecule has 19 heteroatoms. The number of phenols is 2. The molecule has 0 aliphatic carbocycles. The quantitative estimate of drug-likeness (QED) is 0.0744. The summed E-state index contributed by atoms with van der Waals surface area (Å²) in [6.07, 6.45) is -19.7. The molecule has 0 amide bonds. The third-order valence-electron chi connectivity index (χ3n) is 9.40. The van der Waals surface area contributed by atoms with Crippen LogP contribution < -0.4 is 9.47 Å². The van der Waals surface area contributed by atoms with Crippen LogP contribution in [0.2, 0.25) is 0 Å². The van der Waals surface area contributed by atoms with E-state index in [2.05, 4.69) is 0 Å². The van der Waals surface area contributed by atoms with Gasteiger partial charge in [0.1, 0.15) is 54.9 Å². The lowest BCUT2D eigenvalue weighted by Crippen LogP contribution is -2.66. The van der Waals surface area contributed by atoms with Gasteiger partial charge in [-0.25, -0.2) is 4.79 Å². The zero-order valence-corrected chi connectivity index (χ0v) is 30.1. The first-order valence-corrected chi connectivity index (χ1v) is 17.4. The highest BCUT2D eigenvalue weighted by atomic mass is 16.8. The predicted octanol–water partition coefficient (Wildman–Crippen LogP) is -1.95. The second kappa shape index (κ2) is 19.0. The van der Waals surface area contributed by atoms with Crippen molar-refractivity contribution in [3.05, 3.63) is 53.6 Å². The average Bonchev–Trinajstić information content (AvgIpc) is 3.17. The minimum Gasteiger partial charge on any atom is -0.504 e. The number of benzene rings is 2. The largest absolute Gasteiger partial charge is 0.504 e. The van der Waals surface area contributed by atoms with Gasteiger partial charge in [0, 0.05) is 6.08 Å². The number of carbonyl (C=O) groups excluding carboxylic acids is 1. The molecule has 0 radical (unpaired) electrons. The lowest BCUT2D eigenvalue weighted by molar-refractivity contribution is -0.381. The molecule has 9 N–H and O–H groups in total. The first kappa shape index (κ1) is 42.5. The summed E-state index contributed by atoms with van der Waals surface area (Å²) in [5.74, 6) is -0.805. The molecule has 0 aromatic heterocycles. The highest BCUT2D eigenvalue weighted by molar-refractivity contribution is 5.87. The summed E-state index contributed by atoms with van der Waals surface area (Å²) in [6.45, 7) is 0.0972. The summed E-state index contributed by atoms with van der Waals surface area (Å²) in [5, 5.41) is 94.5. The van der Waals surface area contributed by atoms with Gasteiger partial charge < -0.3 is 88.6 Å². The number of hydrogen-bond donors (Lipinski definition) is 9. The molecule has 55 heavy (non-hydrogen) atoms. The van der Waals surface area contributed by atoms with E-state index < -0.39 is 105 Å². The Morgan fingerprint density at radius 3 is 2.20 bits per heavy atom. The fourth-order valence-corrected chi connectivity index (χ4v) is 6.26. The van der Waals surface area contributed by atoms with Crippen molar-refractivity contribution in [1.29, 1.82) is 0 Å². The van der Waals surface area contributed by atoms with Crippen LogP contribution in [-0.4, -0.2) is 172 Å². The first-order valence-electron chi connectivity index (χ1n) is 17.4. The predicted molar refractivity (Wildman–Crippen MR) is 183 cm³/mol. The van der Waals surface area contributed by atoms with Crippen molar-refractivity contribution in [3.63, 3.8) is 0 Å². The van der Waals surface area contributed by atoms with Gasteiger partial charge in [0.15, 0.2) is 48.0 Å². The van der Waals surface area contributed by atoms with E-state index in [1.165, 1.54) is 51.5 Å². The second-order valence-electron chi connectivity index (χ2n) is 13.2. The summed E-state index contributed by atoms with van der Waals surface area (Å²) < 4.78 is 50.6. The first-order chi connectivity index (χ1) is 26.3. The van der Waals surface area contributed by atoms with Gasteiger partial charge in [-0.3, -0.25) is 0 Å². The smallest absolute Gasteiger partial charge is 0.331 e. The molecule has 0 bridgehead atoms. The van der Waals surface area contributed by atoms with Crippen LogP contribution in [-0.2, 0) is 44.4 Å². The van der Waals surface area contributed by atoms with E-state index in [4.69, 9.17) is 42.6 Å². The van der Waals surface area contributed by atoms with Gasteiger partial charge in [-0.1, -0.05) is 12.1 Å². The summed E-state index contributed by atoms with van der Waals surface area (Å²) >= 11 is 0. The highest BCUT2D eigenvalue weighted by Crippen LogP contribution is 2.34. The summed E-state index contributed by atoms with van der Waals surface area (Å²) in [5.41, 5.74) is 1.08.